The molecule has 1 aromatic carbocycles. The summed E-state index contributed by atoms with van der Waals surface area (Å²) in [5.41, 5.74) is 7.34. The molecule has 0 aliphatic rings. The first-order valence-electron chi connectivity index (χ1n) is 8.65. The molecule has 0 aliphatic carbocycles. The molecule has 3 rings (SSSR count). The SMILES string of the molecule is NCC(=O)Nc1cc(CSc2ncccc2C(=O)Nc2ccc(Cl)cc2)ccn1. The van der Waals surface area contributed by atoms with Gasteiger partial charge in [-0.15, -0.1) is 11.8 Å². The minimum Gasteiger partial charge on any atom is -0.322 e. The summed E-state index contributed by atoms with van der Waals surface area (Å²) in [4.78, 5) is 32.5. The van der Waals surface area contributed by atoms with E-state index in [0.717, 1.165) is 5.56 Å². The summed E-state index contributed by atoms with van der Waals surface area (Å²) in [6.45, 7) is -0.110. The van der Waals surface area contributed by atoms with Crippen LogP contribution in [0.15, 0.2) is 66.0 Å². The summed E-state index contributed by atoms with van der Waals surface area (Å²) in [7, 11) is 0. The molecule has 0 atom stereocenters. The highest BCUT2D eigenvalue weighted by Crippen LogP contribution is 2.25. The lowest BCUT2D eigenvalue weighted by Crippen LogP contribution is -2.22. The second kappa shape index (κ2) is 10.0. The van der Waals surface area contributed by atoms with Crippen molar-refractivity contribution in [2.45, 2.75) is 10.8 Å². The minimum atomic E-state index is -0.312. The van der Waals surface area contributed by atoms with Gasteiger partial charge in [-0.25, -0.2) is 9.97 Å². The highest BCUT2D eigenvalue weighted by atomic mass is 35.5. The number of hydrogen-bond acceptors (Lipinski definition) is 6. The molecule has 2 aromatic heterocycles. The summed E-state index contributed by atoms with van der Waals surface area (Å²) < 4.78 is 0. The van der Waals surface area contributed by atoms with E-state index in [4.69, 9.17) is 17.3 Å². The molecule has 4 N–H and O–H groups in total. The molecule has 2 heterocycles. The Labute approximate surface area is 177 Å². The molecule has 29 heavy (non-hydrogen) atoms. The van der Waals surface area contributed by atoms with E-state index in [9.17, 15) is 9.59 Å². The first kappa shape index (κ1) is 20.8. The number of amides is 2. The van der Waals surface area contributed by atoms with Crippen molar-refractivity contribution in [3.8, 4) is 0 Å². The van der Waals surface area contributed by atoms with Crippen molar-refractivity contribution < 1.29 is 9.59 Å². The average molecular weight is 428 g/mol. The van der Waals surface area contributed by atoms with E-state index in [0.29, 0.717) is 32.9 Å². The molecule has 148 valence electrons. The van der Waals surface area contributed by atoms with Gasteiger partial charge in [-0.1, -0.05) is 11.6 Å². The van der Waals surface area contributed by atoms with Crippen LogP contribution in [0.4, 0.5) is 11.5 Å². The van der Waals surface area contributed by atoms with Crippen molar-refractivity contribution in [3.05, 3.63) is 77.1 Å². The van der Waals surface area contributed by atoms with Crippen molar-refractivity contribution in [3.63, 3.8) is 0 Å². The Hall–Kier alpha value is -2.94. The van der Waals surface area contributed by atoms with E-state index in [1.165, 1.54) is 11.8 Å². The Balaban J connectivity index is 1.69. The zero-order valence-corrected chi connectivity index (χ0v) is 16.8. The number of pyridine rings is 2. The number of thioether (sulfide) groups is 1. The van der Waals surface area contributed by atoms with Crippen LogP contribution in [0.25, 0.3) is 0 Å². The topological polar surface area (TPSA) is 110 Å². The zero-order chi connectivity index (χ0) is 20.6. The molecular formula is C20H18ClN5O2S. The number of nitrogens with one attached hydrogen (secondary N) is 2. The molecule has 0 spiro atoms. The van der Waals surface area contributed by atoms with Crippen LogP contribution in [0.3, 0.4) is 0 Å². The highest BCUT2D eigenvalue weighted by Gasteiger charge is 2.13. The third kappa shape index (κ3) is 6.02. The Morgan fingerprint density at radius 1 is 1.03 bits per heavy atom. The zero-order valence-electron chi connectivity index (χ0n) is 15.3. The van der Waals surface area contributed by atoms with Gasteiger partial charge in [0.2, 0.25) is 5.91 Å². The molecule has 0 unspecified atom stereocenters. The summed E-state index contributed by atoms with van der Waals surface area (Å²) in [6.07, 6.45) is 3.25. The molecule has 9 heteroatoms. The average Bonchev–Trinajstić information content (AvgIpc) is 2.74. The number of nitrogens with two attached hydrogens (primary N) is 1. The standard InChI is InChI=1S/C20H18ClN5O2S/c21-14-3-5-15(6-4-14)25-19(28)16-2-1-8-24-20(16)29-12-13-7-9-23-17(10-13)26-18(27)11-22/h1-10H,11-12,22H2,(H,25,28)(H,23,26,27). The first-order valence-corrected chi connectivity index (χ1v) is 10.0. The van der Waals surface area contributed by atoms with Crippen LogP contribution in [0.5, 0.6) is 0 Å². The van der Waals surface area contributed by atoms with Gasteiger partial charge in [0.15, 0.2) is 0 Å². The van der Waals surface area contributed by atoms with E-state index in [1.54, 1.807) is 54.9 Å². The molecule has 0 saturated heterocycles. The molecule has 7 nitrogen and oxygen atoms in total. The van der Waals surface area contributed by atoms with Gasteiger partial charge in [-0.05, 0) is 54.1 Å². The maximum Gasteiger partial charge on any atom is 0.258 e. The molecule has 0 radical (unpaired) electrons. The largest absolute Gasteiger partial charge is 0.322 e. The summed E-state index contributed by atoms with van der Waals surface area (Å²) in [5, 5.41) is 6.66. The van der Waals surface area contributed by atoms with Crippen molar-refractivity contribution in [2.24, 2.45) is 5.73 Å². The lowest BCUT2D eigenvalue weighted by Gasteiger charge is -2.10. The van der Waals surface area contributed by atoms with Gasteiger partial charge in [0, 0.05) is 28.9 Å². The lowest BCUT2D eigenvalue weighted by molar-refractivity contribution is -0.114. The van der Waals surface area contributed by atoms with Gasteiger partial charge in [0.05, 0.1) is 12.1 Å². The van der Waals surface area contributed by atoms with Gasteiger partial charge in [-0.2, -0.15) is 0 Å². The van der Waals surface area contributed by atoms with Gasteiger partial charge < -0.3 is 16.4 Å². The van der Waals surface area contributed by atoms with Gasteiger partial charge in [-0.3, -0.25) is 9.59 Å². The van der Waals surface area contributed by atoms with Crippen molar-refractivity contribution in [2.75, 3.05) is 17.2 Å². The predicted octanol–water partition coefficient (Wildman–Crippen LogP) is 3.57. The van der Waals surface area contributed by atoms with Crippen LogP contribution < -0.4 is 16.4 Å². The predicted molar refractivity (Wildman–Crippen MR) is 115 cm³/mol. The second-order valence-corrected chi connectivity index (χ2v) is 7.31. The number of halogens is 1. The Morgan fingerprint density at radius 3 is 2.59 bits per heavy atom. The quantitative estimate of drug-likeness (QED) is 0.497. The minimum absolute atomic E-state index is 0.110. The molecule has 0 saturated carbocycles. The van der Waals surface area contributed by atoms with Gasteiger partial charge in [0.1, 0.15) is 10.8 Å². The van der Waals surface area contributed by atoms with Crippen LogP contribution in [-0.2, 0) is 10.5 Å². The van der Waals surface area contributed by atoms with Crippen molar-refractivity contribution >= 4 is 46.7 Å². The molecule has 3 aromatic rings. The second-order valence-electron chi connectivity index (χ2n) is 5.91. The molecule has 0 fully saturated rings. The Kier molecular flexibility index (Phi) is 7.18. The highest BCUT2D eigenvalue weighted by molar-refractivity contribution is 7.98. The van der Waals surface area contributed by atoms with Crippen LogP contribution in [0, 0.1) is 0 Å². The maximum atomic E-state index is 12.7. The summed E-state index contributed by atoms with van der Waals surface area (Å²) in [5.74, 6) is 0.411. The van der Waals surface area contributed by atoms with E-state index >= 15 is 0 Å². The molecular weight excluding hydrogens is 410 g/mol. The third-order valence-electron chi connectivity index (χ3n) is 3.77. The monoisotopic (exact) mass is 427 g/mol. The number of aromatic nitrogens is 2. The normalized spacial score (nSPS) is 10.4. The van der Waals surface area contributed by atoms with E-state index in [1.807, 2.05) is 6.07 Å². The summed E-state index contributed by atoms with van der Waals surface area (Å²) >= 11 is 7.29. The Morgan fingerprint density at radius 2 is 1.83 bits per heavy atom. The van der Waals surface area contributed by atoms with Crippen molar-refractivity contribution in [1.29, 1.82) is 0 Å². The maximum absolute atomic E-state index is 12.7. The molecule has 0 aliphatic heterocycles. The van der Waals surface area contributed by atoms with Gasteiger partial charge in [0.25, 0.3) is 5.91 Å². The fraction of sp³-hybridized carbons (Fsp3) is 0.100. The number of anilines is 2. The first-order chi connectivity index (χ1) is 14.0. The third-order valence-corrected chi connectivity index (χ3v) is 5.10. The fourth-order valence-corrected chi connectivity index (χ4v) is 3.45. The Bertz CT molecular complexity index is 1010. The number of carbonyl (C=O) groups is 2. The number of rotatable bonds is 7. The van der Waals surface area contributed by atoms with Crippen LogP contribution in [-0.4, -0.2) is 28.3 Å². The van der Waals surface area contributed by atoms with Crippen LogP contribution >= 0.6 is 23.4 Å². The summed E-state index contributed by atoms with van der Waals surface area (Å²) in [6, 6.07) is 13.9. The van der Waals surface area contributed by atoms with E-state index in [2.05, 4.69) is 20.6 Å². The lowest BCUT2D eigenvalue weighted by atomic mass is 10.2. The smallest absolute Gasteiger partial charge is 0.258 e. The molecule has 2 amide bonds. The van der Waals surface area contributed by atoms with E-state index in [-0.39, 0.29) is 18.4 Å². The van der Waals surface area contributed by atoms with Gasteiger partial charge >= 0.3 is 0 Å². The van der Waals surface area contributed by atoms with Crippen molar-refractivity contribution in [1.82, 2.24) is 9.97 Å². The number of benzene rings is 1. The van der Waals surface area contributed by atoms with Crippen LogP contribution in [0.1, 0.15) is 15.9 Å². The number of hydrogen-bond donors (Lipinski definition) is 3. The number of carbonyl (C=O) groups excluding carboxylic acids is 2. The van der Waals surface area contributed by atoms with E-state index < -0.39 is 0 Å². The molecule has 0 bridgehead atoms. The van der Waals surface area contributed by atoms with Crippen LogP contribution in [0.2, 0.25) is 5.02 Å². The number of nitrogens with zero attached hydrogens (tertiary/aromatic N) is 2. The fourth-order valence-electron chi connectivity index (χ4n) is 2.39.